The molecule has 0 aliphatic rings. The summed E-state index contributed by atoms with van der Waals surface area (Å²) >= 11 is 12.1. The highest BCUT2D eigenvalue weighted by molar-refractivity contribution is 6.42. The van der Waals surface area contributed by atoms with E-state index < -0.39 is 11.6 Å². The van der Waals surface area contributed by atoms with Crippen molar-refractivity contribution in [2.75, 3.05) is 7.11 Å². The van der Waals surface area contributed by atoms with Crippen LogP contribution in [0.3, 0.4) is 0 Å². The number of amides is 2. The molecule has 0 fully saturated rings. The highest BCUT2D eigenvalue weighted by atomic mass is 35.5. The smallest absolute Gasteiger partial charge is 0.242 e. The number of benzene rings is 2. The molecule has 0 unspecified atom stereocenters. The van der Waals surface area contributed by atoms with Crippen LogP contribution in [0.15, 0.2) is 42.5 Å². The van der Waals surface area contributed by atoms with E-state index in [4.69, 9.17) is 27.9 Å². The highest BCUT2D eigenvalue weighted by Crippen LogP contribution is 2.24. The maximum absolute atomic E-state index is 13.2. The average molecular weight is 451 g/mol. The number of hydrogen-bond acceptors (Lipinski definition) is 3. The lowest BCUT2D eigenvalue weighted by Crippen LogP contribution is -2.52. The molecule has 2 rings (SSSR count). The van der Waals surface area contributed by atoms with E-state index >= 15 is 0 Å². The van der Waals surface area contributed by atoms with E-state index in [-0.39, 0.29) is 24.8 Å². The van der Waals surface area contributed by atoms with E-state index in [0.29, 0.717) is 10.0 Å². The van der Waals surface area contributed by atoms with Gasteiger partial charge in [-0.25, -0.2) is 0 Å². The first-order valence-corrected chi connectivity index (χ1v) is 10.4. The maximum atomic E-state index is 13.2. The quantitative estimate of drug-likeness (QED) is 0.653. The number of carbonyl (C=O) groups is 2. The van der Waals surface area contributed by atoms with Gasteiger partial charge in [0.15, 0.2) is 0 Å². The van der Waals surface area contributed by atoms with E-state index in [2.05, 4.69) is 5.32 Å². The third-order valence-corrected chi connectivity index (χ3v) is 5.26. The fourth-order valence-electron chi connectivity index (χ4n) is 2.91. The van der Waals surface area contributed by atoms with Crippen LogP contribution in [-0.2, 0) is 22.6 Å². The number of nitrogens with one attached hydrogen (secondary N) is 1. The van der Waals surface area contributed by atoms with Gasteiger partial charge in [0.2, 0.25) is 11.8 Å². The fraction of sp³-hybridized carbons (Fsp3) is 0.391. The maximum Gasteiger partial charge on any atom is 0.242 e. The number of nitrogens with zero attached hydrogens (tertiary/aromatic N) is 1. The molecule has 1 N–H and O–H groups in total. The molecule has 2 aromatic carbocycles. The molecule has 0 saturated heterocycles. The van der Waals surface area contributed by atoms with Crippen LogP contribution in [0, 0.1) is 0 Å². The highest BCUT2D eigenvalue weighted by Gasteiger charge is 2.28. The number of ether oxygens (including phenoxy) is 1. The molecule has 0 spiro atoms. The topological polar surface area (TPSA) is 58.6 Å². The Morgan fingerprint density at radius 1 is 1.03 bits per heavy atom. The molecule has 0 aliphatic carbocycles. The minimum atomic E-state index is -0.663. The molecule has 0 aromatic heterocycles. The van der Waals surface area contributed by atoms with Gasteiger partial charge in [0.1, 0.15) is 11.8 Å². The summed E-state index contributed by atoms with van der Waals surface area (Å²) in [6, 6.07) is 11.8. The first-order valence-electron chi connectivity index (χ1n) is 9.68. The van der Waals surface area contributed by atoms with Gasteiger partial charge < -0.3 is 15.0 Å². The molecule has 0 radical (unpaired) electrons. The van der Waals surface area contributed by atoms with Crippen molar-refractivity contribution in [2.45, 2.75) is 52.2 Å². The molecule has 5 nitrogen and oxygen atoms in total. The van der Waals surface area contributed by atoms with Crippen molar-refractivity contribution in [3.05, 3.63) is 63.6 Å². The summed E-state index contributed by atoms with van der Waals surface area (Å²) in [5.74, 6) is 0.338. The Bertz CT molecular complexity index is 892. The Kier molecular flexibility index (Phi) is 8.16. The molecule has 0 saturated carbocycles. The second kappa shape index (κ2) is 10.2. The molecule has 1 atom stereocenters. The Balaban J connectivity index is 2.26. The summed E-state index contributed by atoms with van der Waals surface area (Å²) in [5, 5.41) is 3.79. The van der Waals surface area contributed by atoms with Crippen LogP contribution in [0.2, 0.25) is 10.0 Å². The first kappa shape index (κ1) is 24.0. The Morgan fingerprint density at radius 2 is 1.63 bits per heavy atom. The van der Waals surface area contributed by atoms with Gasteiger partial charge in [0.25, 0.3) is 0 Å². The lowest BCUT2D eigenvalue weighted by molar-refractivity contribution is -0.140. The van der Waals surface area contributed by atoms with Crippen LogP contribution >= 0.6 is 23.2 Å². The van der Waals surface area contributed by atoms with Crippen molar-refractivity contribution in [1.29, 1.82) is 0 Å². The predicted molar refractivity (Wildman–Crippen MR) is 121 cm³/mol. The molecule has 0 aliphatic heterocycles. The van der Waals surface area contributed by atoms with E-state index in [0.717, 1.165) is 16.9 Å². The standard InChI is InChI=1S/C23H28Cl2N2O3/c1-15(22(29)26-23(2,3)4)27(14-17-8-11-19(24)20(25)12-17)21(28)13-16-6-9-18(30-5)10-7-16/h6-12,15H,13-14H2,1-5H3,(H,26,29)/t15-/m0/s1. The Labute approximate surface area is 188 Å². The van der Waals surface area contributed by atoms with Crippen molar-refractivity contribution in [2.24, 2.45) is 0 Å². The zero-order valence-corrected chi connectivity index (χ0v) is 19.5. The lowest BCUT2D eigenvalue weighted by atomic mass is 10.1. The van der Waals surface area contributed by atoms with Crippen LogP contribution in [0.1, 0.15) is 38.8 Å². The normalized spacial score (nSPS) is 12.2. The van der Waals surface area contributed by atoms with Gasteiger partial charge in [0.05, 0.1) is 23.6 Å². The van der Waals surface area contributed by atoms with Gasteiger partial charge in [0, 0.05) is 12.1 Å². The van der Waals surface area contributed by atoms with Crippen LogP contribution in [0.4, 0.5) is 0 Å². The van der Waals surface area contributed by atoms with Crippen LogP contribution in [0.5, 0.6) is 5.75 Å². The molecule has 2 amide bonds. The largest absolute Gasteiger partial charge is 0.497 e. The second-order valence-electron chi connectivity index (χ2n) is 8.21. The lowest BCUT2D eigenvalue weighted by Gasteiger charge is -2.31. The van der Waals surface area contributed by atoms with Crippen molar-refractivity contribution < 1.29 is 14.3 Å². The van der Waals surface area contributed by atoms with E-state index in [1.165, 1.54) is 0 Å². The zero-order chi connectivity index (χ0) is 22.5. The number of rotatable bonds is 7. The van der Waals surface area contributed by atoms with Crippen LogP contribution in [0.25, 0.3) is 0 Å². The fourth-order valence-corrected chi connectivity index (χ4v) is 3.23. The number of methoxy groups -OCH3 is 1. The molecule has 0 bridgehead atoms. The zero-order valence-electron chi connectivity index (χ0n) is 18.0. The van der Waals surface area contributed by atoms with Gasteiger partial charge in [-0.15, -0.1) is 0 Å². The Morgan fingerprint density at radius 3 is 2.17 bits per heavy atom. The predicted octanol–water partition coefficient (Wildman–Crippen LogP) is 4.88. The summed E-state index contributed by atoms with van der Waals surface area (Å²) in [6.07, 6.45) is 0.165. The van der Waals surface area contributed by atoms with Gasteiger partial charge >= 0.3 is 0 Å². The van der Waals surface area contributed by atoms with E-state index in [1.54, 1.807) is 37.1 Å². The van der Waals surface area contributed by atoms with Gasteiger partial charge in [-0.2, -0.15) is 0 Å². The number of halogens is 2. The van der Waals surface area contributed by atoms with Crippen molar-refractivity contribution in [3.63, 3.8) is 0 Å². The number of carbonyl (C=O) groups excluding carboxylic acids is 2. The van der Waals surface area contributed by atoms with Crippen molar-refractivity contribution in [3.8, 4) is 5.75 Å². The summed E-state index contributed by atoms with van der Waals surface area (Å²) in [7, 11) is 1.59. The molecule has 0 heterocycles. The van der Waals surface area contributed by atoms with E-state index in [1.807, 2.05) is 45.0 Å². The number of hydrogen-bond donors (Lipinski definition) is 1. The van der Waals surface area contributed by atoms with Gasteiger partial charge in [-0.1, -0.05) is 41.4 Å². The van der Waals surface area contributed by atoms with Crippen molar-refractivity contribution in [1.82, 2.24) is 10.2 Å². The SMILES string of the molecule is COc1ccc(CC(=O)N(Cc2ccc(Cl)c(Cl)c2)[C@@H](C)C(=O)NC(C)(C)C)cc1. The minimum Gasteiger partial charge on any atom is -0.497 e. The average Bonchev–Trinajstić information content (AvgIpc) is 2.67. The summed E-state index contributed by atoms with van der Waals surface area (Å²) in [6.45, 7) is 7.68. The molecular formula is C23H28Cl2N2O3. The third kappa shape index (κ3) is 6.92. The molecule has 7 heteroatoms. The minimum absolute atomic E-state index is 0.164. The summed E-state index contributed by atoms with van der Waals surface area (Å²) in [4.78, 5) is 27.5. The third-order valence-electron chi connectivity index (χ3n) is 4.52. The second-order valence-corrected chi connectivity index (χ2v) is 9.02. The van der Waals surface area contributed by atoms with Crippen LogP contribution in [-0.4, -0.2) is 35.4 Å². The molecular weight excluding hydrogens is 423 g/mol. The monoisotopic (exact) mass is 450 g/mol. The van der Waals surface area contributed by atoms with Gasteiger partial charge in [-0.05, 0) is 63.1 Å². The summed E-state index contributed by atoms with van der Waals surface area (Å²) < 4.78 is 5.17. The Hall–Kier alpha value is -2.24. The van der Waals surface area contributed by atoms with E-state index in [9.17, 15) is 9.59 Å². The molecule has 30 heavy (non-hydrogen) atoms. The molecule has 162 valence electrons. The summed E-state index contributed by atoms with van der Waals surface area (Å²) in [5.41, 5.74) is 1.23. The first-order chi connectivity index (χ1) is 14.0. The van der Waals surface area contributed by atoms with Gasteiger partial charge in [-0.3, -0.25) is 9.59 Å². The van der Waals surface area contributed by atoms with Crippen molar-refractivity contribution >= 4 is 35.0 Å². The van der Waals surface area contributed by atoms with Crippen LogP contribution < -0.4 is 10.1 Å². The molecule has 2 aromatic rings.